The van der Waals surface area contributed by atoms with Gasteiger partial charge in [-0.2, -0.15) is 0 Å². The van der Waals surface area contributed by atoms with E-state index in [-0.39, 0.29) is 0 Å². The van der Waals surface area contributed by atoms with Crippen molar-refractivity contribution in [1.82, 2.24) is 9.97 Å². The lowest BCUT2D eigenvalue weighted by molar-refractivity contribution is 0.293. The van der Waals surface area contributed by atoms with Gasteiger partial charge in [0, 0.05) is 34.2 Å². The van der Waals surface area contributed by atoms with E-state index in [1.54, 1.807) is 12.4 Å². The summed E-state index contributed by atoms with van der Waals surface area (Å²) in [6, 6.07) is 7.69. The Kier molecular flexibility index (Phi) is 3.51. The van der Waals surface area contributed by atoms with E-state index in [1.807, 2.05) is 31.2 Å². The predicted octanol–water partition coefficient (Wildman–Crippen LogP) is 3.13. The zero-order chi connectivity index (χ0) is 11.4. The van der Waals surface area contributed by atoms with E-state index in [0.717, 1.165) is 15.7 Å². The van der Waals surface area contributed by atoms with Crippen molar-refractivity contribution >= 4 is 15.9 Å². The second kappa shape index (κ2) is 5.07. The van der Waals surface area contributed by atoms with Crippen LogP contribution in [-0.2, 0) is 6.61 Å². The highest BCUT2D eigenvalue weighted by atomic mass is 79.9. The third-order valence-corrected chi connectivity index (χ3v) is 2.44. The lowest BCUT2D eigenvalue weighted by atomic mass is 10.3. The number of aryl methyl sites for hydroxylation is 1. The van der Waals surface area contributed by atoms with E-state index in [4.69, 9.17) is 4.74 Å². The zero-order valence-electron chi connectivity index (χ0n) is 8.85. The zero-order valence-corrected chi connectivity index (χ0v) is 10.4. The molecule has 2 heterocycles. The molecule has 0 saturated heterocycles. The average Bonchev–Trinajstić information content (AvgIpc) is 2.27. The molecule has 16 heavy (non-hydrogen) atoms. The van der Waals surface area contributed by atoms with Crippen molar-refractivity contribution in [2.75, 3.05) is 0 Å². The number of pyridine rings is 2. The quantitative estimate of drug-likeness (QED) is 0.865. The lowest BCUT2D eigenvalue weighted by Gasteiger charge is -2.05. The van der Waals surface area contributed by atoms with Crippen LogP contribution < -0.4 is 4.74 Å². The summed E-state index contributed by atoms with van der Waals surface area (Å²) in [5.74, 6) is 0.639. The van der Waals surface area contributed by atoms with E-state index in [0.29, 0.717) is 12.5 Å². The minimum absolute atomic E-state index is 0.475. The Morgan fingerprint density at radius 3 is 2.94 bits per heavy atom. The molecular weight excluding hydrogens is 268 g/mol. The summed E-state index contributed by atoms with van der Waals surface area (Å²) >= 11 is 3.37. The van der Waals surface area contributed by atoms with Gasteiger partial charge in [0.2, 0.25) is 5.88 Å². The van der Waals surface area contributed by atoms with Crippen molar-refractivity contribution in [1.29, 1.82) is 0 Å². The maximum Gasteiger partial charge on any atom is 0.213 e. The highest BCUT2D eigenvalue weighted by molar-refractivity contribution is 9.10. The number of hydrogen-bond donors (Lipinski definition) is 0. The molecule has 0 aliphatic rings. The topological polar surface area (TPSA) is 35.0 Å². The molecule has 2 aromatic heterocycles. The summed E-state index contributed by atoms with van der Waals surface area (Å²) in [6.45, 7) is 2.41. The Morgan fingerprint density at radius 1 is 1.31 bits per heavy atom. The van der Waals surface area contributed by atoms with Gasteiger partial charge < -0.3 is 4.74 Å². The van der Waals surface area contributed by atoms with Gasteiger partial charge >= 0.3 is 0 Å². The maximum atomic E-state index is 5.56. The monoisotopic (exact) mass is 278 g/mol. The molecule has 0 saturated carbocycles. The maximum absolute atomic E-state index is 5.56. The molecule has 0 fully saturated rings. The number of nitrogens with zero attached hydrogens (tertiary/aromatic N) is 2. The first-order valence-corrected chi connectivity index (χ1v) is 5.69. The average molecular weight is 279 g/mol. The van der Waals surface area contributed by atoms with Crippen LogP contribution in [0.25, 0.3) is 0 Å². The van der Waals surface area contributed by atoms with Crippen LogP contribution in [0.1, 0.15) is 11.3 Å². The number of halogens is 1. The molecule has 0 amide bonds. The van der Waals surface area contributed by atoms with Crippen LogP contribution in [0, 0.1) is 6.92 Å². The van der Waals surface area contributed by atoms with Crippen LogP contribution in [0.5, 0.6) is 5.88 Å². The van der Waals surface area contributed by atoms with Crippen LogP contribution in [-0.4, -0.2) is 9.97 Å². The number of ether oxygens (including phenoxy) is 1. The van der Waals surface area contributed by atoms with Gasteiger partial charge in [-0.05, 0) is 35.0 Å². The molecule has 3 nitrogen and oxygen atoms in total. The van der Waals surface area contributed by atoms with Crippen molar-refractivity contribution in [3.8, 4) is 5.88 Å². The van der Waals surface area contributed by atoms with Gasteiger partial charge in [-0.15, -0.1) is 0 Å². The molecular formula is C12H11BrN2O. The van der Waals surface area contributed by atoms with E-state index >= 15 is 0 Å². The molecule has 2 aromatic rings. The minimum atomic E-state index is 0.475. The molecule has 0 aliphatic carbocycles. The summed E-state index contributed by atoms with van der Waals surface area (Å²) in [7, 11) is 0. The highest BCUT2D eigenvalue weighted by Gasteiger charge is 1.98. The van der Waals surface area contributed by atoms with E-state index in [1.165, 1.54) is 0 Å². The first-order valence-electron chi connectivity index (χ1n) is 4.90. The largest absolute Gasteiger partial charge is 0.473 e. The molecule has 0 atom stereocenters. The summed E-state index contributed by atoms with van der Waals surface area (Å²) in [4.78, 5) is 8.32. The Labute approximate surface area is 103 Å². The first-order chi connectivity index (χ1) is 7.74. The second-order valence-electron chi connectivity index (χ2n) is 3.42. The van der Waals surface area contributed by atoms with Gasteiger partial charge in [0.25, 0.3) is 0 Å². The van der Waals surface area contributed by atoms with Crippen LogP contribution >= 0.6 is 15.9 Å². The molecule has 4 heteroatoms. The molecule has 2 rings (SSSR count). The van der Waals surface area contributed by atoms with Crippen LogP contribution in [0.15, 0.2) is 41.1 Å². The normalized spacial score (nSPS) is 10.1. The fraction of sp³-hybridized carbons (Fsp3) is 0.167. The van der Waals surface area contributed by atoms with Gasteiger partial charge in [-0.1, -0.05) is 6.07 Å². The summed E-state index contributed by atoms with van der Waals surface area (Å²) in [6.07, 6.45) is 3.52. The Balaban J connectivity index is 2.02. The van der Waals surface area contributed by atoms with Crippen LogP contribution in [0.4, 0.5) is 0 Å². The van der Waals surface area contributed by atoms with Crippen molar-refractivity contribution in [3.63, 3.8) is 0 Å². The molecule has 0 aliphatic heterocycles. The van der Waals surface area contributed by atoms with E-state index in [2.05, 4.69) is 25.9 Å². The van der Waals surface area contributed by atoms with Crippen molar-refractivity contribution in [2.24, 2.45) is 0 Å². The molecule has 0 unspecified atom stereocenters. The molecule has 0 N–H and O–H groups in total. The molecule has 82 valence electrons. The minimum Gasteiger partial charge on any atom is -0.473 e. The van der Waals surface area contributed by atoms with Crippen molar-refractivity contribution < 1.29 is 4.74 Å². The number of rotatable bonds is 3. The third kappa shape index (κ3) is 3.03. The van der Waals surface area contributed by atoms with Gasteiger partial charge in [0.15, 0.2) is 0 Å². The summed E-state index contributed by atoms with van der Waals surface area (Å²) < 4.78 is 6.51. The first kappa shape index (κ1) is 11.1. The van der Waals surface area contributed by atoms with Crippen molar-refractivity contribution in [3.05, 3.63) is 52.4 Å². The van der Waals surface area contributed by atoms with E-state index in [9.17, 15) is 0 Å². The van der Waals surface area contributed by atoms with Crippen molar-refractivity contribution in [2.45, 2.75) is 13.5 Å². The summed E-state index contributed by atoms with van der Waals surface area (Å²) in [5, 5.41) is 0. The van der Waals surface area contributed by atoms with Gasteiger partial charge in [-0.3, -0.25) is 4.98 Å². The highest BCUT2D eigenvalue weighted by Crippen LogP contribution is 2.13. The predicted molar refractivity (Wildman–Crippen MR) is 65.2 cm³/mol. The summed E-state index contributed by atoms with van der Waals surface area (Å²) in [5.41, 5.74) is 1.96. The number of aromatic nitrogens is 2. The van der Waals surface area contributed by atoms with Gasteiger partial charge in [0.05, 0.1) is 0 Å². The van der Waals surface area contributed by atoms with Gasteiger partial charge in [0.1, 0.15) is 6.61 Å². The standard InChI is InChI=1S/C12H11BrN2O/c1-9-3-2-4-12(15-9)16-8-10-5-11(13)7-14-6-10/h2-7H,8H2,1H3. The molecule has 0 radical (unpaired) electrons. The molecule has 0 aromatic carbocycles. The molecule has 0 bridgehead atoms. The van der Waals surface area contributed by atoms with Crippen LogP contribution in [0.2, 0.25) is 0 Å². The number of hydrogen-bond acceptors (Lipinski definition) is 3. The fourth-order valence-corrected chi connectivity index (χ4v) is 1.70. The Bertz CT molecular complexity index is 442. The van der Waals surface area contributed by atoms with E-state index < -0.39 is 0 Å². The smallest absolute Gasteiger partial charge is 0.213 e. The second-order valence-corrected chi connectivity index (χ2v) is 4.33. The SMILES string of the molecule is Cc1cccc(OCc2cncc(Br)c2)n1. The lowest BCUT2D eigenvalue weighted by Crippen LogP contribution is -1.98. The Morgan fingerprint density at radius 2 is 2.19 bits per heavy atom. The van der Waals surface area contributed by atoms with Crippen LogP contribution in [0.3, 0.4) is 0 Å². The van der Waals surface area contributed by atoms with Gasteiger partial charge in [-0.25, -0.2) is 4.98 Å². The Hall–Kier alpha value is -1.42. The third-order valence-electron chi connectivity index (χ3n) is 2.01. The fourth-order valence-electron chi connectivity index (χ4n) is 1.29. The molecule has 0 spiro atoms.